The van der Waals surface area contributed by atoms with Gasteiger partial charge in [-0.2, -0.15) is 13.2 Å². The van der Waals surface area contributed by atoms with E-state index in [1.807, 2.05) is 18.8 Å². The molecule has 1 atom stereocenters. The van der Waals surface area contributed by atoms with Crippen LogP contribution in [0.1, 0.15) is 37.8 Å². The van der Waals surface area contributed by atoms with Crippen molar-refractivity contribution in [3.8, 4) is 0 Å². The highest BCUT2D eigenvalue weighted by Crippen LogP contribution is 2.28. The molecule has 20 heavy (non-hydrogen) atoms. The Hall–Kier alpha value is -1.79. The molecule has 0 aliphatic carbocycles. The van der Waals surface area contributed by atoms with Crippen LogP contribution in [-0.4, -0.2) is 17.6 Å². The molecule has 0 aliphatic heterocycles. The third kappa shape index (κ3) is 4.11. The smallest absolute Gasteiger partial charge is 0.421 e. The minimum atomic E-state index is -4.76. The zero-order valence-corrected chi connectivity index (χ0v) is 11.4. The molecule has 1 rings (SSSR count). The summed E-state index contributed by atoms with van der Waals surface area (Å²) in [7, 11) is 0. The lowest BCUT2D eigenvalue weighted by molar-refractivity contribution is -0.146. The van der Waals surface area contributed by atoms with E-state index in [9.17, 15) is 22.8 Å². The number of alkyl halides is 3. The Balaban J connectivity index is 2.97. The van der Waals surface area contributed by atoms with E-state index < -0.39 is 29.2 Å². The summed E-state index contributed by atoms with van der Waals surface area (Å²) in [6.07, 6.45) is -3.66. The highest BCUT2D eigenvalue weighted by molar-refractivity contribution is 5.77. The molecule has 0 fully saturated rings. The van der Waals surface area contributed by atoms with Gasteiger partial charge < -0.3 is 9.72 Å². The van der Waals surface area contributed by atoms with Crippen molar-refractivity contribution in [3.05, 3.63) is 33.7 Å². The summed E-state index contributed by atoms with van der Waals surface area (Å²) in [6, 6.07) is 0.681. The largest absolute Gasteiger partial charge is 0.465 e. The fourth-order valence-corrected chi connectivity index (χ4v) is 1.47. The summed E-state index contributed by atoms with van der Waals surface area (Å²) < 4.78 is 42.8. The lowest BCUT2D eigenvalue weighted by Crippen LogP contribution is -2.23. The third-order valence-electron chi connectivity index (χ3n) is 2.64. The van der Waals surface area contributed by atoms with Crippen molar-refractivity contribution < 1.29 is 22.7 Å². The zero-order chi connectivity index (χ0) is 15.5. The summed E-state index contributed by atoms with van der Waals surface area (Å²) in [4.78, 5) is 24.8. The molecule has 0 spiro atoms. The molecule has 1 aromatic rings. The molecule has 4 nitrogen and oxygen atoms in total. The van der Waals surface area contributed by atoms with Crippen LogP contribution >= 0.6 is 0 Å². The van der Waals surface area contributed by atoms with Gasteiger partial charge in [-0.05, 0) is 24.5 Å². The van der Waals surface area contributed by atoms with Crippen molar-refractivity contribution in [1.82, 2.24) is 4.98 Å². The van der Waals surface area contributed by atoms with E-state index in [1.54, 1.807) is 0 Å². The van der Waals surface area contributed by atoms with Gasteiger partial charge in [-0.25, -0.2) is 0 Å². The molecule has 0 radical (unpaired) electrons. The lowest BCUT2D eigenvalue weighted by Gasteiger charge is -2.14. The van der Waals surface area contributed by atoms with Crippen molar-refractivity contribution in [1.29, 1.82) is 0 Å². The number of carbonyl (C=O) groups excluding carboxylic acids is 1. The van der Waals surface area contributed by atoms with Crippen LogP contribution in [0.3, 0.4) is 0 Å². The number of aromatic nitrogens is 1. The van der Waals surface area contributed by atoms with Crippen molar-refractivity contribution >= 4 is 5.97 Å². The van der Waals surface area contributed by atoms with E-state index >= 15 is 0 Å². The minimum absolute atomic E-state index is 0.0608. The Morgan fingerprint density at radius 2 is 1.95 bits per heavy atom. The highest BCUT2D eigenvalue weighted by atomic mass is 19.4. The standard InChI is InChI=1S/C13H16F3NO3/c1-7(2)6-20-12(19)8(3)9-4-10(13(14,15)16)11(18)17-5-9/h4-5,7-8H,6H2,1-3H3,(H,17,18). The molecule has 0 saturated carbocycles. The molecule has 0 saturated heterocycles. The van der Waals surface area contributed by atoms with E-state index in [1.165, 1.54) is 6.92 Å². The molecule has 1 heterocycles. The number of halogens is 3. The molecule has 1 aromatic heterocycles. The van der Waals surface area contributed by atoms with Crippen LogP contribution in [0.25, 0.3) is 0 Å². The van der Waals surface area contributed by atoms with Gasteiger partial charge in [0, 0.05) is 6.20 Å². The molecule has 112 valence electrons. The summed E-state index contributed by atoms with van der Waals surface area (Å²) in [5.74, 6) is -1.38. The number of pyridine rings is 1. The van der Waals surface area contributed by atoms with Gasteiger partial charge in [0.1, 0.15) is 5.56 Å². The van der Waals surface area contributed by atoms with Crippen LogP contribution in [0.2, 0.25) is 0 Å². The van der Waals surface area contributed by atoms with Gasteiger partial charge >= 0.3 is 12.1 Å². The summed E-state index contributed by atoms with van der Waals surface area (Å²) in [5, 5.41) is 0. The Labute approximate surface area is 114 Å². The predicted molar refractivity (Wildman–Crippen MR) is 66.3 cm³/mol. The lowest BCUT2D eigenvalue weighted by atomic mass is 10.0. The number of carbonyl (C=O) groups is 1. The number of hydrogen-bond acceptors (Lipinski definition) is 3. The van der Waals surface area contributed by atoms with Crippen LogP contribution < -0.4 is 5.56 Å². The number of esters is 1. The minimum Gasteiger partial charge on any atom is -0.465 e. The molecule has 0 aliphatic rings. The first-order chi connectivity index (χ1) is 9.12. The third-order valence-corrected chi connectivity index (χ3v) is 2.64. The van der Waals surface area contributed by atoms with Crippen LogP contribution in [-0.2, 0) is 15.7 Å². The van der Waals surface area contributed by atoms with Gasteiger partial charge in [0.15, 0.2) is 0 Å². The van der Waals surface area contributed by atoms with Crippen molar-refractivity contribution in [2.45, 2.75) is 32.9 Å². The second kappa shape index (κ2) is 6.11. The van der Waals surface area contributed by atoms with E-state index in [2.05, 4.69) is 0 Å². The Morgan fingerprint density at radius 3 is 2.45 bits per heavy atom. The normalized spacial score (nSPS) is 13.3. The van der Waals surface area contributed by atoms with E-state index in [-0.39, 0.29) is 18.1 Å². The van der Waals surface area contributed by atoms with Gasteiger partial charge in [0.2, 0.25) is 0 Å². The van der Waals surface area contributed by atoms with Crippen LogP contribution in [0.4, 0.5) is 13.2 Å². The number of hydrogen-bond donors (Lipinski definition) is 1. The van der Waals surface area contributed by atoms with E-state index in [0.29, 0.717) is 6.07 Å². The van der Waals surface area contributed by atoms with Crippen molar-refractivity contribution in [2.75, 3.05) is 6.61 Å². The first-order valence-electron chi connectivity index (χ1n) is 6.09. The molecule has 0 bridgehead atoms. The van der Waals surface area contributed by atoms with Crippen LogP contribution in [0.15, 0.2) is 17.1 Å². The number of ether oxygens (including phenoxy) is 1. The molecular weight excluding hydrogens is 275 g/mol. The van der Waals surface area contributed by atoms with Gasteiger partial charge in [-0.3, -0.25) is 9.59 Å². The monoisotopic (exact) mass is 291 g/mol. The highest BCUT2D eigenvalue weighted by Gasteiger charge is 2.35. The Morgan fingerprint density at radius 1 is 1.35 bits per heavy atom. The second-order valence-corrected chi connectivity index (χ2v) is 4.92. The van der Waals surface area contributed by atoms with Crippen LogP contribution in [0.5, 0.6) is 0 Å². The zero-order valence-electron chi connectivity index (χ0n) is 11.4. The first-order valence-corrected chi connectivity index (χ1v) is 6.09. The predicted octanol–water partition coefficient (Wildman–Crippen LogP) is 2.70. The second-order valence-electron chi connectivity index (χ2n) is 4.92. The van der Waals surface area contributed by atoms with Crippen LogP contribution in [0, 0.1) is 5.92 Å². The summed E-state index contributed by atoms with van der Waals surface area (Å²) in [5.41, 5.74) is -2.49. The SMILES string of the molecule is CC(C)COC(=O)C(C)c1c[nH]c(=O)c(C(F)(F)F)c1. The fourth-order valence-electron chi connectivity index (χ4n) is 1.47. The van der Waals surface area contributed by atoms with Gasteiger partial charge in [0.25, 0.3) is 5.56 Å². The maximum Gasteiger partial charge on any atom is 0.421 e. The first kappa shape index (κ1) is 16.3. The Bertz CT molecular complexity index is 534. The molecule has 7 heteroatoms. The van der Waals surface area contributed by atoms with E-state index in [0.717, 1.165) is 6.20 Å². The number of H-pyrrole nitrogens is 1. The quantitative estimate of drug-likeness (QED) is 0.868. The molecule has 0 aromatic carbocycles. The van der Waals surface area contributed by atoms with Crippen molar-refractivity contribution in [3.63, 3.8) is 0 Å². The van der Waals surface area contributed by atoms with Gasteiger partial charge in [-0.1, -0.05) is 13.8 Å². The average molecular weight is 291 g/mol. The average Bonchev–Trinajstić information content (AvgIpc) is 2.34. The molecule has 1 unspecified atom stereocenters. The Kier molecular flexibility index (Phi) is 4.97. The van der Waals surface area contributed by atoms with E-state index in [4.69, 9.17) is 4.74 Å². The van der Waals surface area contributed by atoms with Crippen molar-refractivity contribution in [2.24, 2.45) is 5.92 Å². The number of nitrogens with one attached hydrogen (secondary N) is 1. The molecular formula is C13H16F3NO3. The molecule has 1 N–H and O–H groups in total. The topological polar surface area (TPSA) is 59.2 Å². The molecule has 0 amide bonds. The number of aromatic amines is 1. The fraction of sp³-hybridized carbons (Fsp3) is 0.538. The summed E-state index contributed by atoms with van der Waals surface area (Å²) in [6.45, 7) is 5.31. The number of rotatable bonds is 4. The summed E-state index contributed by atoms with van der Waals surface area (Å²) >= 11 is 0. The maximum absolute atomic E-state index is 12.6. The maximum atomic E-state index is 12.6. The van der Waals surface area contributed by atoms with Gasteiger partial charge in [-0.15, -0.1) is 0 Å². The van der Waals surface area contributed by atoms with Gasteiger partial charge in [0.05, 0.1) is 12.5 Å².